The van der Waals surface area contributed by atoms with E-state index in [2.05, 4.69) is 6.92 Å². The molecular weight excluding hydrogens is 193 g/mol. The summed E-state index contributed by atoms with van der Waals surface area (Å²) in [7, 11) is 0. The number of nitrogens with two attached hydrogens (primary N) is 1. The molecule has 0 aromatic heterocycles. The maximum atomic E-state index is 5.80. The lowest BCUT2D eigenvalue weighted by Crippen LogP contribution is -2.07. The lowest BCUT2D eigenvalue weighted by atomic mass is 10.1. The molecule has 1 aromatic carbocycles. The average Bonchev–Trinajstić information content (AvgIpc) is 2.05. The van der Waals surface area contributed by atoms with E-state index in [1.165, 1.54) is 0 Å². The van der Waals surface area contributed by atoms with E-state index in [1.54, 1.807) is 0 Å². The summed E-state index contributed by atoms with van der Waals surface area (Å²) in [5.74, 6) is 0. The molecule has 0 saturated carbocycles. The number of hydrogen-bond donors (Lipinski definition) is 1. The molecule has 1 rings (SSSR count). The first-order valence-electron chi connectivity index (χ1n) is 3.75. The van der Waals surface area contributed by atoms with Crippen molar-refractivity contribution in [1.29, 1.82) is 0 Å². The minimum atomic E-state index is 0. The normalized spacial score (nSPS) is 11.9. The van der Waals surface area contributed by atoms with Crippen molar-refractivity contribution in [3.05, 3.63) is 34.9 Å². The smallest absolute Gasteiger partial charge is 0.0406 e. The number of halogens is 2. The van der Waals surface area contributed by atoms with E-state index in [-0.39, 0.29) is 18.4 Å². The second-order valence-electron chi connectivity index (χ2n) is 2.57. The van der Waals surface area contributed by atoms with Crippen molar-refractivity contribution >= 4 is 24.0 Å². The maximum Gasteiger partial charge on any atom is 0.0406 e. The molecule has 12 heavy (non-hydrogen) atoms. The fraction of sp³-hybridized carbons (Fsp3) is 0.333. The molecule has 0 saturated heterocycles. The Hall–Kier alpha value is -0.240. The summed E-state index contributed by atoms with van der Waals surface area (Å²) in [6.07, 6.45) is 0.960. The first-order chi connectivity index (χ1) is 5.24. The number of rotatable bonds is 2. The van der Waals surface area contributed by atoms with Gasteiger partial charge in [0.05, 0.1) is 0 Å². The van der Waals surface area contributed by atoms with E-state index < -0.39 is 0 Å². The molecule has 0 heterocycles. The highest BCUT2D eigenvalue weighted by molar-refractivity contribution is 6.30. The van der Waals surface area contributed by atoms with Crippen LogP contribution in [0.2, 0.25) is 5.02 Å². The van der Waals surface area contributed by atoms with E-state index in [0.717, 1.165) is 17.0 Å². The minimum absolute atomic E-state index is 0. The van der Waals surface area contributed by atoms with E-state index in [1.807, 2.05) is 24.3 Å². The molecule has 1 atom stereocenters. The highest BCUT2D eigenvalue weighted by Gasteiger charge is 2.00. The molecule has 0 spiro atoms. The molecule has 1 nitrogen and oxygen atoms in total. The summed E-state index contributed by atoms with van der Waals surface area (Å²) in [6.45, 7) is 2.07. The van der Waals surface area contributed by atoms with E-state index in [0.29, 0.717) is 0 Å². The van der Waals surface area contributed by atoms with Crippen molar-refractivity contribution < 1.29 is 0 Å². The van der Waals surface area contributed by atoms with Crippen LogP contribution in [0.3, 0.4) is 0 Å². The van der Waals surface area contributed by atoms with Gasteiger partial charge in [-0.05, 0) is 24.1 Å². The van der Waals surface area contributed by atoms with Crippen molar-refractivity contribution in [1.82, 2.24) is 0 Å². The van der Waals surface area contributed by atoms with Crippen LogP contribution in [0, 0.1) is 0 Å². The van der Waals surface area contributed by atoms with Crippen molar-refractivity contribution in [2.75, 3.05) is 0 Å². The molecule has 68 valence electrons. The number of benzene rings is 1. The van der Waals surface area contributed by atoms with Gasteiger partial charge in [0.1, 0.15) is 0 Å². The van der Waals surface area contributed by atoms with Gasteiger partial charge in [0, 0.05) is 11.1 Å². The van der Waals surface area contributed by atoms with Crippen LogP contribution in [0.15, 0.2) is 24.3 Å². The Morgan fingerprint density at radius 3 is 2.25 bits per heavy atom. The SMILES string of the molecule is CC[C@@H](N)c1ccc(Cl)cc1.Cl. The predicted molar refractivity (Wildman–Crippen MR) is 55.9 cm³/mol. The molecule has 1 aromatic rings. The monoisotopic (exact) mass is 205 g/mol. The Morgan fingerprint density at radius 1 is 1.33 bits per heavy atom. The van der Waals surface area contributed by atoms with Gasteiger partial charge in [-0.2, -0.15) is 0 Å². The van der Waals surface area contributed by atoms with E-state index in [4.69, 9.17) is 17.3 Å². The first-order valence-corrected chi connectivity index (χ1v) is 4.13. The van der Waals surface area contributed by atoms with Gasteiger partial charge in [-0.3, -0.25) is 0 Å². The third-order valence-corrected chi connectivity index (χ3v) is 1.99. The van der Waals surface area contributed by atoms with Gasteiger partial charge in [-0.15, -0.1) is 12.4 Å². The molecule has 0 fully saturated rings. The Kier molecular flexibility index (Phi) is 5.31. The fourth-order valence-corrected chi connectivity index (χ4v) is 1.07. The van der Waals surface area contributed by atoms with Crippen LogP contribution in [-0.2, 0) is 0 Å². The van der Waals surface area contributed by atoms with E-state index >= 15 is 0 Å². The van der Waals surface area contributed by atoms with Crippen molar-refractivity contribution in [3.63, 3.8) is 0 Å². The summed E-state index contributed by atoms with van der Waals surface area (Å²) in [5, 5.41) is 0.761. The highest BCUT2D eigenvalue weighted by Crippen LogP contribution is 2.16. The Morgan fingerprint density at radius 2 is 1.83 bits per heavy atom. The zero-order chi connectivity index (χ0) is 8.27. The third kappa shape index (κ3) is 3.02. The molecule has 0 radical (unpaired) electrons. The van der Waals surface area contributed by atoms with Gasteiger partial charge in [-0.1, -0.05) is 30.7 Å². The van der Waals surface area contributed by atoms with Crippen LogP contribution in [0.4, 0.5) is 0 Å². The fourth-order valence-electron chi connectivity index (χ4n) is 0.946. The molecule has 0 aliphatic carbocycles. The quantitative estimate of drug-likeness (QED) is 0.790. The Labute approximate surface area is 84.3 Å². The third-order valence-electron chi connectivity index (χ3n) is 1.74. The van der Waals surface area contributed by atoms with Gasteiger partial charge in [0.25, 0.3) is 0 Å². The molecule has 2 N–H and O–H groups in total. The van der Waals surface area contributed by atoms with Gasteiger partial charge >= 0.3 is 0 Å². The summed E-state index contributed by atoms with van der Waals surface area (Å²) in [6, 6.07) is 7.82. The standard InChI is InChI=1S/C9H12ClN.ClH/c1-2-9(11)7-3-5-8(10)6-4-7;/h3-6,9H,2,11H2,1H3;1H/t9-;/m1./s1. The largest absolute Gasteiger partial charge is 0.324 e. The lowest BCUT2D eigenvalue weighted by Gasteiger charge is -2.07. The Bertz CT molecular complexity index is 220. The zero-order valence-corrected chi connectivity index (χ0v) is 8.53. The van der Waals surface area contributed by atoms with Crippen LogP contribution >= 0.6 is 24.0 Å². The first kappa shape index (κ1) is 11.8. The lowest BCUT2D eigenvalue weighted by molar-refractivity contribution is 0.699. The summed E-state index contributed by atoms with van der Waals surface area (Å²) in [4.78, 5) is 0. The van der Waals surface area contributed by atoms with Crippen molar-refractivity contribution in [3.8, 4) is 0 Å². The minimum Gasteiger partial charge on any atom is -0.324 e. The van der Waals surface area contributed by atoms with Crippen LogP contribution in [0.25, 0.3) is 0 Å². The van der Waals surface area contributed by atoms with Gasteiger partial charge in [0.15, 0.2) is 0 Å². The summed E-state index contributed by atoms with van der Waals surface area (Å²) in [5.41, 5.74) is 6.95. The van der Waals surface area contributed by atoms with Crippen molar-refractivity contribution in [2.45, 2.75) is 19.4 Å². The van der Waals surface area contributed by atoms with Crippen molar-refractivity contribution in [2.24, 2.45) is 5.73 Å². The predicted octanol–water partition coefficient (Wildman–Crippen LogP) is 3.17. The maximum absolute atomic E-state index is 5.80. The second-order valence-corrected chi connectivity index (χ2v) is 3.00. The molecular formula is C9H13Cl2N. The molecule has 0 aliphatic rings. The molecule has 0 amide bonds. The molecule has 0 unspecified atom stereocenters. The topological polar surface area (TPSA) is 26.0 Å². The van der Waals surface area contributed by atoms with Crippen LogP contribution < -0.4 is 5.73 Å². The second kappa shape index (κ2) is 5.41. The molecule has 3 heteroatoms. The number of hydrogen-bond acceptors (Lipinski definition) is 1. The van der Waals surface area contributed by atoms with Gasteiger partial charge in [-0.25, -0.2) is 0 Å². The summed E-state index contributed by atoms with van der Waals surface area (Å²) >= 11 is 5.72. The average molecular weight is 206 g/mol. The van der Waals surface area contributed by atoms with Crippen LogP contribution in [0.1, 0.15) is 24.9 Å². The van der Waals surface area contributed by atoms with E-state index in [9.17, 15) is 0 Å². The van der Waals surface area contributed by atoms with Crippen LogP contribution in [0.5, 0.6) is 0 Å². The Balaban J connectivity index is 0.00000121. The van der Waals surface area contributed by atoms with Crippen LogP contribution in [-0.4, -0.2) is 0 Å². The highest BCUT2D eigenvalue weighted by atomic mass is 35.5. The van der Waals surface area contributed by atoms with Gasteiger partial charge in [0.2, 0.25) is 0 Å². The molecule has 0 aliphatic heterocycles. The zero-order valence-electron chi connectivity index (χ0n) is 6.96. The van der Waals surface area contributed by atoms with Gasteiger partial charge < -0.3 is 5.73 Å². The molecule has 0 bridgehead atoms. The summed E-state index contributed by atoms with van der Waals surface area (Å²) < 4.78 is 0.